The van der Waals surface area contributed by atoms with Gasteiger partial charge in [0.1, 0.15) is 0 Å². The van der Waals surface area contributed by atoms with E-state index in [2.05, 4.69) is 27.9 Å². The molecule has 1 spiro atoms. The molecule has 2 aromatic rings. The van der Waals surface area contributed by atoms with E-state index in [0.29, 0.717) is 6.61 Å². The van der Waals surface area contributed by atoms with Crippen molar-refractivity contribution in [2.45, 2.75) is 44.6 Å². The Morgan fingerprint density at radius 3 is 3.12 bits per heavy atom. The number of aromatic nitrogens is 2. The number of rotatable bonds is 5. The number of ether oxygens (including phenoxy) is 2. The van der Waals surface area contributed by atoms with Gasteiger partial charge in [0.2, 0.25) is 0 Å². The van der Waals surface area contributed by atoms with Gasteiger partial charge in [-0.2, -0.15) is 0 Å². The molecule has 4 rings (SSSR count). The second-order valence-corrected chi connectivity index (χ2v) is 7.76. The first-order chi connectivity index (χ1) is 11.7. The van der Waals surface area contributed by atoms with Crippen LogP contribution in [-0.2, 0) is 22.6 Å². The first-order valence-corrected chi connectivity index (χ1v) is 9.36. The van der Waals surface area contributed by atoms with E-state index < -0.39 is 0 Å². The lowest BCUT2D eigenvalue weighted by atomic mass is 9.84. The Kier molecular flexibility index (Phi) is 4.63. The van der Waals surface area contributed by atoms with Gasteiger partial charge in [-0.05, 0) is 25.0 Å². The molecule has 24 heavy (non-hydrogen) atoms. The number of thiazole rings is 1. The van der Waals surface area contributed by atoms with Gasteiger partial charge in [-0.1, -0.05) is 6.07 Å². The van der Waals surface area contributed by atoms with Gasteiger partial charge in [-0.15, -0.1) is 11.3 Å². The van der Waals surface area contributed by atoms with Gasteiger partial charge < -0.3 is 9.47 Å². The fourth-order valence-electron chi connectivity index (χ4n) is 3.60. The predicted molar refractivity (Wildman–Crippen MR) is 92.9 cm³/mol. The summed E-state index contributed by atoms with van der Waals surface area (Å²) in [5, 5.41) is 0. The molecule has 5 nitrogen and oxygen atoms in total. The normalized spacial score (nSPS) is 23.3. The van der Waals surface area contributed by atoms with Crippen LogP contribution in [0.2, 0.25) is 0 Å². The number of nitrogens with zero attached hydrogens (tertiary/aromatic N) is 3. The number of hydrogen-bond acceptors (Lipinski definition) is 6. The zero-order valence-electron chi connectivity index (χ0n) is 14.0. The van der Waals surface area contributed by atoms with Crippen molar-refractivity contribution in [1.82, 2.24) is 14.9 Å². The Balaban J connectivity index is 1.27. The molecule has 2 aliphatic heterocycles. The van der Waals surface area contributed by atoms with E-state index in [0.717, 1.165) is 50.3 Å². The molecule has 2 fully saturated rings. The molecule has 1 atom stereocenters. The van der Waals surface area contributed by atoms with Crippen LogP contribution in [0.25, 0.3) is 0 Å². The SMILES string of the molecule is Cc1ncsc1CN1CC2(C[C@@H](OCc3cccnc3)CCO2)C1. The topological polar surface area (TPSA) is 47.5 Å². The Bertz CT molecular complexity index is 670. The molecule has 6 heteroatoms. The highest BCUT2D eigenvalue weighted by Crippen LogP contribution is 2.36. The second-order valence-electron chi connectivity index (χ2n) is 6.82. The van der Waals surface area contributed by atoms with Crippen molar-refractivity contribution in [1.29, 1.82) is 0 Å². The van der Waals surface area contributed by atoms with Gasteiger partial charge in [-0.25, -0.2) is 4.98 Å². The molecule has 2 aliphatic rings. The van der Waals surface area contributed by atoms with E-state index in [1.54, 1.807) is 17.5 Å². The molecule has 2 aromatic heterocycles. The van der Waals surface area contributed by atoms with Crippen LogP contribution < -0.4 is 0 Å². The van der Waals surface area contributed by atoms with E-state index >= 15 is 0 Å². The monoisotopic (exact) mass is 345 g/mol. The maximum absolute atomic E-state index is 6.12. The summed E-state index contributed by atoms with van der Waals surface area (Å²) in [5.41, 5.74) is 4.22. The summed E-state index contributed by atoms with van der Waals surface area (Å²) in [6.45, 7) is 6.50. The fourth-order valence-corrected chi connectivity index (χ4v) is 4.42. The summed E-state index contributed by atoms with van der Waals surface area (Å²) >= 11 is 1.74. The van der Waals surface area contributed by atoms with Crippen LogP contribution in [0.5, 0.6) is 0 Å². The first kappa shape index (κ1) is 16.1. The van der Waals surface area contributed by atoms with Crippen molar-refractivity contribution in [3.8, 4) is 0 Å². The average Bonchev–Trinajstić information content (AvgIpc) is 2.98. The maximum Gasteiger partial charge on any atom is 0.0959 e. The van der Waals surface area contributed by atoms with Crippen LogP contribution in [0.15, 0.2) is 30.0 Å². The third-order valence-corrected chi connectivity index (χ3v) is 5.81. The zero-order chi connectivity index (χ0) is 16.4. The van der Waals surface area contributed by atoms with Gasteiger partial charge in [-0.3, -0.25) is 9.88 Å². The van der Waals surface area contributed by atoms with Crippen LogP contribution >= 0.6 is 11.3 Å². The van der Waals surface area contributed by atoms with Gasteiger partial charge in [0.05, 0.1) is 29.5 Å². The van der Waals surface area contributed by atoms with Crippen LogP contribution in [0.4, 0.5) is 0 Å². The summed E-state index contributed by atoms with van der Waals surface area (Å²) in [5.74, 6) is 0. The molecule has 2 saturated heterocycles. The van der Waals surface area contributed by atoms with Gasteiger partial charge in [0.15, 0.2) is 0 Å². The minimum absolute atomic E-state index is 0.00352. The molecule has 128 valence electrons. The van der Waals surface area contributed by atoms with Crippen molar-refractivity contribution in [2.75, 3.05) is 19.7 Å². The molecule has 0 radical (unpaired) electrons. The number of hydrogen-bond donors (Lipinski definition) is 0. The zero-order valence-corrected chi connectivity index (χ0v) is 14.8. The quantitative estimate of drug-likeness (QED) is 0.834. The Hall–Kier alpha value is -1.34. The Morgan fingerprint density at radius 2 is 2.38 bits per heavy atom. The maximum atomic E-state index is 6.12. The fraction of sp³-hybridized carbons (Fsp3) is 0.556. The van der Waals surface area contributed by atoms with Crippen molar-refractivity contribution in [3.63, 3.8) is 0 Å². The van der Waals surface area contributed by atoms with E-state index in [9.17, 15) is 0 Å². The molecule has 0 N–H and O–H groups in total. The molecule has 0 aliphatic carbocycles. The van der Waals surface area contributed by atoms with Crippen molar-refractivity contribution >= 4 is 11.3 Å². The number of aryl methyl sites for hydroxylation is 1. The molecular formula is C18H23N3O2S. The number of likely N-dealkylation sites (tertiary alicyclic amines) is 1. The Morgan fingerprint density at radius 1 is 1.46 bits per heavy atom. The van der Waals surface area contributed by atoms with Crippen LogP contribution in [0, 0.1) is 6.92 Å². The van der Waals surface area contributed by atoms with Crippen LogP contribution in [0.1, 0.15) is 29.0 Å². The lowest BCUT2D eigenvalue weighted by Gasteiger charge is -2.53. The minimum Gasteiger partial charge on any atom is -0.373 e. The highest BCUT2D eigenvalue weighted by Gasteiger charge is 2.47. The summed E-state index contributed by atoms with van der Waals surface area (Å²) < 4.78 is 12.2. The summed E-state index contributed by atoms with van der Waals surface area (Å²) in [4.78, 5) is 12.3. The van der Waals surface area contributed by atoms with Crippen molar-refractivity contribution in [2.24, 2.45) is 0 Å². The molecule has 0 unspecified atom stereocenters. The smallest absolute Gasteiger partial charge is 0.0959 e. The lowest BCUT2D eigenvalue weighted by Crippen LogP contribution is -2.65. The minimum atomic E-state index is -0.00352. The largest absolute Gasteiger partial charge is 0.373 e. The highest BCUT2D eigenvalue weighted by molar-refractivity contribution is 7.09. The average molecular weight is 345 g/mol. The van der Waals surface area contributed by atoms with E-state index in [4.69, 9.17) is 9.47 Å². The molecule has 0 amide bonds. The molecular weight excluding hydrogens is 322 g/mol. The van der Waals surface area contributed by atoms with Crippen LogP contribution in [0.3, 0.4) is 0 Å². The number of pyridine rings is 1. The first-order valence-electron chi connectivity index (χ1n) is 8.48. The van der Waals surface area contributed by atoms with E-state index in [1.165, 1.54) is 4.88 Å². The highest BCUT2D eigenvalue weighted by atomic mass is 32.1. The standard InChI is InChI=1S/C18H23N3O2S/c1-14-17(24-13-20-14)9-21-11-18(12-21)7-16(4-6-23-18)22-10-15-3-2-5-19-8-15/h2-3,5,8,13,16H,4,6-7,9-12H2,1H3/t16-/m0/s1. The summed E-state index contributed by atoms with van der Waals surface area (Å²) in [6, 6.07) is 4.01. The molecule has 4 heterocycles. The third-order valence-electron chi connectivity index (χ3n) is 4.89. The molecule has 0 aromatic carbocycles. The van der Waals surface area contributed by atoms with E-state index in [-0.39, 0.29) is 11.7 Å². The molecule has 0 saturated carbocycles. The van der Waals surface area contributed by atoms with Crippen LogP contribution in [-0.4, -0.2) is 46.3 Å². The predicted octanol–water partition coefficient (Wildman–Crippen LogP) is 2.80. The van der Waals surface area contributed by atoms with Gasteiger partial charge in [0, 0.05) is 49.9 Å². The third kappa shape index (κ3) is 3.52. The van der Waals surface area contributed by atoms with Crippen molar-refractivity contribution in [3.05, 3.63) is 46.2 Å². The molecule has 0 bridgehead atoms. The Labute approximate surface area is 146 Å². The summed E-state index contributed by atoms with van der Waals surface area (Å²) in [6.07, 6.45) is 5.92. The van der Waals surface area contributed by atoms with Gasteiger partial charge in [0.25, 0.3) is 0 Å². The van der Waals surface area contributed by atoms with Crippen molar-refractivity contribution < 1.29 is 9.47 Å². The second kappa shape index (κ2) is 6.88. The summed E-state index contributed by atoms with van der Waals surface area (Å²) in [7, 11) is 0. The van der Waals surface area contributed by atoms with E-state index in [1.807, 2.05) is 17.8 Å². The van der Waals surface area contributed by atoms with Gasteiger partial charge >= 0.3 is 0 Å². The lowest BCUT2D eigenvalue weighted by molar-refractivity contribution is -0.200.